The summed E-state index contributed by atoms with van der Waals surface area (Å²) in [5, 5.41) is 26.5. The Hall–Kier alpha value is -2.15. The molecule has 0 radical (unpaired) electrons. The van der Waals surface area contributed by atoms with Gasteiger partial charge in [0.15, 0.2) is 5.65 Å². The number of rotatable bonds is 6. The fourth-order valence-corrected chi connectivity index (χ4v) is 2.36. The van der Waals surface area contributed by atoms with Crippen LogP contribution >= 0.6 is 0 Å². The summed E-state index contributed by atoms with van der Waals surface area (Å²) in [5.41, 5.74) is 2.06. The first kappa shape index (κ1) is 15.2. The lowest BCUT2D eigenvalue weighted by Gasteiger charge is -2.15. The van der Waals surface area contributed by atoms with Crippen molar-refractivity contribution in [3.05, 3.63) is 17.5 Å². The number of aryl methyl sites for hydroxylation is 2. The summed E-state index contributed by atoms with van der Waals surface area (Å²) in [5.74, 6) is -0.790. The fourth-order valence-electron chi connectivity index (χ4n) is 2.36. The summed E-state index contributed by atoms with van der Waals surface area (Å²) in [6, 6.07) is 0. The molecule has 0 saturated carbocycles. The number of aliphatic hydroxyl groups is 1. The molecule has 21 heavy (non-hydrogen) atoms. The van der Waals surface area contributed by atoms with Crippen LogP contribution in [0.3, 0.4) is 0 Å². The highest BCUT2D eigenvalue weighted by Gasteiger charge is 2.19. The van der Waals surface area contributed by atoms with E-state index >= 15 is 0 Å². The number of carboxylic acids is 1. The van der Waals surface area contributed by atoms with Crippen molar-refractivity contribution in [1.29, 1.82) is 0 Å². The zero-order valence-electron chi connectivity index (χ0n) is 12.4. The molecule has 0 aliphatic rings. The minimum atomic E-state index is -1.02. The van der Waals surface area contributed by atoms with Crippen molar-refractivity contribution in [2.45, 2.75) is 20.3 Å². The zero-order valence-corrected chi connectivity index (χ0v) is 12.4. The van der Waals surface area contributed by atoms with Crippen molar-refractivity contribution in [3.63, 3.8) is 0 Å². The van der Waals surface area contributed by atoms with Gasteiger partial charge in [0.2, 0.25) is 0 Å². The lowest BCUT2D eigenvalue weighted by molar-refractivity contribution is 0.0697. The van der Waals surface area contributed by atoms with Crippen LogP contribution in [0.15, 0.2) is 6.20 Å². The van der Waals surface area contributed by atoms with Crippen molar-refractivity contribution in [2.24, 2.45) is 13.0 Å². The van der Waals surface area contributed by atoms with E-state index in [1.165, 1.54) is 6.20 Å². The first-order valence-electron chi connectivity index (χ1n) is 6.86. The van der Waals surface area contributed by atoms with Gasteiger partial charge in [0.25, 0.3) is 0 Å². The molecule has 3 N–H and O–H groups in total. The van der Waals surface area contributed by atoms with Crippen LogP contribution in [0, 0.1) is 12.8 Å². The largest absolute Gasteiger partial charge is 0.478 e. The molecule has 2 heterocycles. The molecule has 1 unspecified atom stereocenters. The SMILES string of the molecule is Cc1nn(C)c2ncc(C(=O)O)c(NCC(C)CCO)c12. The van der Waals surface area contributed by atoms with Gasteiger partial charge in [0, 0.05) is 26.4 Å². The molecule has 2 aromatic heterocycles. The number of anilines is 1. The number of carbonyl (C=O) groups is 1. The van der Waals surface area contributed by atoms with E-state index in [-0.39, 0.29) is 18.1 Å². The summed E-state index contributed by atoms with van der Waals surface area (Å²) in [6.07, 6.45) is 2.01. The minimum Gasteiger partial charge on any atom is -0.478 e. The predicted molar refractivity (Wildman–Crippen MR) is 79.6 cm³/mol. The van der Waals surface area contributed by atoms with Crippen LogP contribution in [0.25, 0.3) is 11.0 Å². The highest BCUT2D eigenvalue weighted by atomic mass is 16.4. The Kier molecular flexibility index (Phi) is 4.42. The van der Waals surface area contributed by atoms with E-state index in [0.29, 0.717) is 24.3 Å². The highest BCUT2D eigenvalue weighted by molar-refractivity contribution is 6.04. The second kappa shape index (κ2) is 6.09. The van der Waals surface area contributed by atoms with Crippen molar-refractivity contribution in [1.82, 2.24) is 14.8 Å². The van der Waals surface area contributed by atoms with Crippen LogP contribution in [0.4, 0.5) is 5.69 Å². The Morgan fingerprint density at radius 2 is 2.24 bits per heavy atom. The Morgan fingerprint density at radius 3 is 2.86 bits per heavy atom. The number of carboxylic acid groups (broad SMARTS) is 1. The number of aromatic carboxylic acids is 1. The first-order chi connectivity index (χ1) is 9.95. The van der Waals surface area contributed by atoms with Gasteiger partial charge < -0.3 is 15.5 Å². The molecule has 7 heteroatoms. The first-order valence-corrected chi connectivity index (χ1v) is 6.86. The van der Waals surface area contributed by atoms with Gasteiger partial charge in [0.05, 0.1) is 16.8 Å². The quantitative estimate of drug-likeness (QED) is 0.744. The van der Waals surface area contributed by atoms with E-state index in [9.17, 15) is 9.90 Å². The number of nitrogens with zero attached hydrogens (tertiary/aromatic N) is 3. The topological polar surface area (TPSA) is 100 Å². The number of aromatic nitrogens is 3. The third-order valence-electron chi connectivity index (χ3n) is 3.51. The molecule has 1 atom stereocenters. The molecule has 0 aliphatic carbocycles. The molecule has 7 nitrogen and oxygen atoms in total. The summed E-state index contributed by atoms with van der Waals surface area (Å²) in [7, 11) is 1.78. The van der Waals surface area contributed by atoms with Gasteiger partial charge >= 0.3 is 5.97 Å². The van der Waals surface area contributed by atoms with Crippen molar-refractivity contribution in [2.75, 3.05) is 18.5 Å². The lowest BCUT2D eigenvalue weighted by Crippen LogP contribution is -2.15. The maximum Gasteiger partial charge on any atom is 0.339 e. The van der Waals surface area contributed by atoms with Crippen LogP contribution < -0.4 is 5.32 Å². The van der Waals surface area contributed by atoms with Crippen LogP contribution in [-0.2, 0) is 7.05 Å². The normalized spacial score (nSPS) is 12.6. The predicted octanol–water partition coefficient (Wildman–Crippen LogP) is 1.41. The van der Waals surface area contributed by atoms with Crippen LogP contribution in [0.5, 0.6) is 0 Å². The maximum atomic E-state index is 11.4. The Balaban J connectivity index is 2.46. The zero-order chi connectivity index (χ0) is 15.6. The van der Waals surface area contributed by atoms with E-state index in [1.807, 2.05) is 13.8 Å². The molecule has 2 aromatic rings. The van der Waals surface area contributed by atoms with Crippen molar-refractivity contribution >= 4 is 22.7 Å². The van der Waals surface area contributed by atoms with Crippen LogP contribution in [0.2, 0.25) is 0 Å². The van der Waals surface area contributed by atoms with Crippen LogP contribution in [-0.4, -0.2) is 44.1 Å². The smallest absolute Gasteiger partial charge is 0.339 e. The molecular weight excluding hydrogens is 272 g/mol. The third-order valence-corrected chi connectivity index (χ3v) is 3.51. The van der Waals surface area contributed by atoms with Crippen LogP contribution in [0.1, 0.15) is 29.4 Å². The van der Waals surface area contributed by atoms with E-state index in [0.717, 1.165) is 11.1 Å². The number of fused-ring (bicyclic) bond motifs is 1. The molecule has 0 saturated heterocycles. The summed E-state index contributed by atoms with van der Waals surface area (Å²) >= 11 is 0. The molecule has 0 bridgehead atoms. The molecular formula is C14H20N4O3. The Labute approximate surface area is 122 Å². The number of hydrogen-bond acceptors (Lipinski definition) is 5. The van der Waals surface area contributed by atoms with Gasteiger partial charge in [-0.05, 0) is 19.3 Å². The monoisotopic (exact) mass is 292 g/mol. The van der Waals surface area contributed by atoms with Gasteiger partial charge in [-0.25, -0.2) is 9.78 Å². The van der Waals surface area contributed by atoms with E-state index in [4.69, 9.17) is 5.11 Å². The standard InChI is InChI=1S/C14H20N4O3/c1-8(4-5-19)6-15-12-10(14(20)21)7-16-13-11(12)9(2)17-18(13)3/h7-8,19H,4-6H2,1-3H3,(H,15,16)(H,20,21). The molecule has 0 amide bonds. The van der Waals surface area contributed by atoms with E-state index in [2.05, 4.69) is 15.4 Å². The average Bonchev–Trinajstić information content (AvgIpc) is 2.71. The fraction of sp³-hybridized carbons (Fsp3) is 0.500. The maximum absolute atomic E-state index is 11.4. The second-order valence-corrected chi connectivity index (χ2v) is 5.26. The average molecular weight is 292 g/mol. The third kappa shape index (κ3) is 2.97. The van der Waals surface area contributed by atoms with Gasteiger partial charge in [0.1, 0.15) is 5.56 Å². The Morgan fingerprint density at radius 1 is 1.52 bits per heavy atom. The minimum absolute atomic E-state index is 0.117. The van der Waals surface area contributed by atoms with E-state index < -0.39 is 5.97 Å². The summed E-state index contributed by atoms with van der Waals surface area (Å²) in [6.45, 7) is 4.52. The number of aliphatic hydroxyl groups excluding tert-OH is 1. The number of pyridine rings is 1. The van der Waals surface area contributed by atoms with Gasteiger partial charge in [-0.1, -0.05) is 6.92 Å². The van der Waals surface area contributed by atoms with Crippen molar-refractivity contribution < 1.29 is 15.0 Å². The Bertz CT molecular complexity index is 666. The van der Waals surface area contributed by atoms with E-state index in [1.54, 1.807) is 11.7 Å². The molecule has 0 aromatic carbocycles. The number of nitrogens with one attached hydrogen (secondary N) is 1. The van der Waals surface area contributed by atoms with Gasteiger partial charge in [-0.3, -0.25) is 4.68 Å². The van der Waals surface area contributed by atoms with Gasteiger partial charge in [-0.15, -0.1) is 0 Å². The lowest BCUT2D eigenvalue weighted by atomic mass is 10.1. The molecule has 0 aliphatic heterocycles. The molecule has 0 fully saturated rings. The second-order valence-electron chi connectivity index (χ2n) is 5.26. The van der Waals surface area contributed by atoms with Gasteiger partial charge in [-0.2, -0.15) is 5.10 Å². The summed E-state index contributed by atoms with van der Waals surface area (Å²) in [4.78, 5) is 15.6. The highest BCUT2D eigenvalue weighted by Crippen LogP contribution is 2.28. The molecule has 0 spiro atoms. The summed E-state index contributed by atoms with van der Waals surface area (Å²) < 4.78 is 1.64. The number of hydrogen-bond donors (Lipinski definition) is 3. The molecule has 114 valence electrons. The van der Waals surface area contributed by atoms with Crippen molar-refractivity contribution in [3.8, 4) is 0 Å². The molecule has 2 rings (SSSR count).